The number of hydrogen-bond donors (Lipinski definition) is 0. The summed E-state index contributed by atoms with van der Waals surface area (Å²) in [6.07, 6.45) is -0.182. The fraction of sp³-hybridized carbons (Fsp3) is 0.938. The maximum absolute atomic E-state index is 11.9. The average Bonchev–Trinajstić information content (AvgIpc) is 2.54. The number of carboxylic acid groups (broad SMARTS) is 1. The molecule has 1 rings (SSSR count). The molecule has 1 aliphatic heterocycles. The van der Waals surface area contributed by atoms with Crippen LogP contribution in [-0.2, 0) is 4.43 Å². The topological polar surface area (TPSA) is 49.4 Å². The number of likely N-dealkylation sites (tertiary alicyclic amines) is 1. The van der Waals surface area contributed by atoms with E-state index in [9.17, 15) is 9.90 Å². The van der Waals surface area contributed by atoms with Crippen molar-refractivity contribution < 1.29 is 18.8 Å². The molecule has 1 amide bonds. The van der Waals surface area contributed by atoms with Gasteiger partial charge in [-0.2, -0.15) is 0 Å². The van der Waals surface area contributed by atoms with E-state index in [1.165, 1.54) is 0 Å². The molecule has 4 nitrogen and oxygen atoms in total. The Balaban J connectivity index is 3.06. The van der Waals surface area contributed by atoms with Crippen LogP contribution < -0.4 is 5.11 Å². The van der Waals surface area contributed by atoms with Gasteiger partial charge in [-0.3, -0.25) is 4.48 Å². The van der Waals surface area contributed by atoms with Crippen molar-refractivity contribution >= 4 is 14.4 Å². The van der Waals surface area contributed by atoms with Crippen LogP contribution in [-0.4, -0.2) is 43.1 Å². The van der Waals surface area contributed by atoms with Gasteiger partial charge in [0.15, 0.2) is 8.32 Å². The Morgan fingerprint density at radius 1 is 1.19 bits per heavy atom. The molecular weight excluding hydrogens is 282 g/mol. The van der Waals surface area contributed by atoms with Crippen molar-refractivity contribution in [1.29, 1.82) is 0 Å². The Kier molecular flexibility index (Phi) is 4.76. The van der Waals surface area contributed by atoms with Crippen LogP contribution in [0.25, 0.3) is 0 Å². The maximum atomic E-state index is 11.9. The third-order valence-corrected chi connectivity index (χ3v) is 10.3. The van der Waals surface area contributed by atoms with Gasteiger partial charge in [-0.05, 0) is 45.8 Å². The SMILES string of the molecule is C[C@@H]1[C@@H](O[Si](C)(C)C(C)(C)C)CC[N+]1(C(=O)[O-])C(C)(C)C. The molecule has 21 heavy (non-hydrogen) atoms. The van der Waals surface area contributed by atoms with Gasteiger partial charge in [0.05, 0.1) is 12.1 Å². The van der Waals surface area contributed by atoms with Crippen molar-refractivity contribution in [3.05, 3.63) is 0 Å². The van der Waals surface area contributed by atoms with Gasteiger partial charge in [0, 0.05) is 6.42 Å². The van der Waals surface area contributed by atoms with Gasteiger partial charge in [0.25, 0.3) is 6.09 Å². The van der Waals surface area contributed by atoms with Gasteiger partial charge >= 0.3 is 0 Å². The van der Waals surface area contributed by atoms with E-state index in [-0.39, 0.29) is 27.2 Å². The summed E-state index contributed by atoms with van der Waals surface area (Å²) in [5.41, 5.74) is -0.385. The Morgan fingerprint density at radius 3 is 1.95 bits per heavy atom. The monoisotopic (exact) mass is 315 g/mol. The third kappa shape index (κ3) is 3.05. The number of carbonyl (C=O) groups excluding carboxylic acids is 1. The Labute approximate surface area is 131 Å². The van der Waals surface area contributed by atoms with Crippen molar-refractivity contribution in [1.82, 2.24) is 0 Å². The number of carbonyl (C=O) groups is 1. The van der Waals surface area contributed by atoms with Crippen molar-refractivity contribution in [2.24, 2.45) is 0 Å². The highest BCUT2D eigenvalue weighted by Gasteiger charge is 2.56. The molecule has 0 aliphatic carbocycles. The van der Waals surface area contributed by atoms with Crippen LogP contribution in [0.2, 0.25) is 18.1 Å². The predicted molar refractivity (Wildman–Crippen MR) is 86.4 cm³/mol. The lowest BCUT2D eigenvalue weighted by atomic mass is 10.00. The van der Waals surface area contributed by atoms with Crippen LogP contribution in [0.1, 0.15) is 54.9 Å². The molecule has 5 heteroatoms. The molecule has 0 aromatic rings. The predicted octanol–water partition coefficient (Wildman–Crippen LogP) is 3.13. The smallest absolute Gasteiger partial charge is 0.258 e. The zero-order valence-electron chi connectivity index (χ0n) is 15.2. The summed E-state index contributed by atoms with van der Waals surface area (Å²) in [6, 6.07) is -0.0795. The lowest BCUT2D eigenvalue weighted by Gasteiger charge is -2.49. The average molecular weight is 316 g/mol. The number of quaternary nitrogens is 1. The molecule has 0 spiro atoms. The van der Waals surface area contributed by atoms with Gasteiger partial charge in [-0.1, -0.05) is 20.8 Å². The largest absolute Gasteiger partial charge is 0.498 e. The van der Waals surface area contributed by atoms with E-state index >= 15 is 0 Å². The molecule has 1 heterocycles. The highest BCUT2D eigenvalue weighted by atomic mass is 28.4. The highest BCUT2D eigenvalue weighted by molar-refractivity contribution is 6.74. The molecule has 0 saturated carbocycles. The van der Waals surface area contributed by atoms with Crippen LogP contribution in [0, 0.1) is 0 Å². The van der Waals surface area contributed by atoms with Gasteiger partial charge < -0.3 is 14.3 Å². The molecule has 124 valence electrons. The van der Waals surface area contributed by atoms with E-state index in [4.69, 9.17) is 4.43 Å². The second-order valence-electron chi connectivity index (χ2n) is 8.98. The third-order valence-electron chi connectivity index (χ3n) is 5.77. The van der Waals surface area contributed by atoms with E-state index in [0.29, 0.717) is 6.54 Å². The molecule has 1 aliphatic rings. The summed E-state index contributed by atoms with van der Waals surface area (Å²) in [6.45, 7) is 19.6. The van der Waals surface area contributed by atoms with Crippen molar-refractivity contribution in [2.45, 2.75) is 90.7 Å². The summed E-state index contributed by atoms with van der Waals surface area (Å²) in [5, 5.41) is 12.0. The first-order valence-corrected chi connectivity index (χ1v) is 10.8. The summed E-state index contributed by atoms with van der Waals surface area (Å²) in [7, 11) is -1.89. The fourth-order valence-electron chi connectivity index (χ4n) is 3.25. The van der Waals surface area contributed by atoms with E-state index in [2.05, 4.69) is 33.9 Å². The van der Waals surface area contributed by atoms with Crippen LogP contribution in [0.4, 0.5) is 4.79 Å². The molecule has 0 radical (unpaired) electrons. The number of rotatable bonds is 2. The summed E-state index contributed by atoms with van der Waals surface area (Å²) >= 11 is 0. The number of hydrogen-bond acceptors (Lipinski definition) is 3. The summed E-state index contributed by atoms with van der Waals surface area (Å²) < 4.78 is 6.50. The lowest BCUT2D eigenvalue weighted by molar-refractivity contribution is -0.929. The molecule has 0 aromatic heterocycles. The molecular formula is C16H33NO3Si. The van der Waals surface area contributed by atoms with Crippen LogP contribution in [0.3, 0.4) is 0 Å². The zero-order valence-corrected chi connectivity index (χ0v) is 16.2. The van der Waals surface area contributed by atoms with Gasteiger partial charge in [-0.25, -0.2) is 0 Å². The molecule has 1 unspecified atom stereocenters. The van der Waals surface area contributed by atoms with Crippen molar-refractivity contribution in [2.75, 3.05) is 6.54 Å². The Morgan fingerprint density at radius 2 is 1.67 bits per heavy atom. The quantitative estimate of drug-likeness (QED) is 0.581. The first-order valence-electron chi connectivity index (χ1n) is 7.94. The Bertz CT molecular complexity index is 409. The van der Waals surface area contributed by atoms with E-state index in [0.717, 1.165) is 6.42 Å². The van der Waals surface area contributed by atoms with Crippen LogP contribution >= 0.6 is 0 Å². The summed E-state index contributed by atoms with van der Waals surface area (Å²) in [5.74, 6) is 0. The van der Waals surface area contributed by atoms with Gasteiger partial charge in [0.2, 0.25) is 0 Å². The van der Waals surface area contributed by atoms with E-state index < -0.39 is 14.4 Å². The minimum Gasteiger partial charge on any atom is -0.498 e. The standard InChI is InChI=1S/C16H33NO3Si/c1-12-13(20-21(8,9)16(5,6)7)10-11-17(12,14(18)19)15(2,3)4/h12-13H,10-11H2,1-9H3/t12-,13+,17?/m1/s1. The minimum atomic E-state index is -1.89. The number of amides is 1. The normalized spacial score (nSPS) is 31.5. The maximum Gasteiger partial charge on any atom is 0.258 e. The second-order valence-corrected chi connectivity index (χ2v) is 13.7. The fourth-order valence-corrected chi connectivity index (χ4v) is 4.68. The Hall–Kier alpha value is -0.393. The first-order chi connectivity index (χ1) is 9.17. The molecule has 3 atom stereocenters. The van der Waals surface area contributed by atoms with Crippen LogP contribution in [0.15, 0.2) is 0 Å². The van der Waals surface area contributed by atoms with E-state index in [1.54, 1.807) is 0 Å². The zero-order chi connectivity index (χ0) is 16.9. The molecule has 1 saturated heterocycles. The minimum absolute atomic E-state index is 0.00279. The first kappa shape index (κ1) is 18.7. The second kappa shape index (κ2) is 5.35. The molecule has 0 bridgehead atoms. The van der Waals surface area contributed by atoms with Crippen molar-refractivity contribution in [3.63, 3.8) is 0 Å². The highest BCUT2D eigenvalue weighted by Crippen LogP contribution is 2.43. The van der Waals surface area contributed by atoms with E-state index in [1.807, 2.05) is 27.7 Å². The van der Waals surface area contributed by atoms with Gasteiger partial charge in [-0.15, -0.1) is 0 Å². The molecule has 0 aromatic carbocycles. The molecule has 1 fully saturated rings. The van der Waals surface area contributed by atoms with Gasteiger partial charge in [0.1, 0.15) is 12.1 Å². The summed E-state index contributed by atoms with van der Waals surface area (Å²) in [4.78, 5) is 11.9. The molecule has 0 N–H and O–H groups in total. The number of nitrogens with zero attached hydrogens (tertiary/aromatic N) is 1. The van der Waals surface area contributed by atoms with Crippen molar-refractivity contribution in [3.8, 4) is 0 Å². The lowest BCUT2D eigenvalue weighted by Crippen LogP contribution is -2.70. The van der Waals surface area contributed by atoms with Crippen LogP contribution in [0.5, 0.6) is 0 Å².